The van der Waals surface area contributed by atoms with Crippen LogP contribution < -0.4 is 0 Å². The lowest BCUT2D eigenvalue weighted by Gasteiger charge is -2.06. The maximum absolute atomic E-state index is 11.8. The lowest BCUT2D eigenvalue weighted by molar-refractivity contribution is -0.142. The molecule has 0 atom stereocenters. The Morgan fingerprint density at radius 1 is 1.58 bits per heavy atom. The molecular weight excluding hydrogens is 307 g/mol. The van der Waals surface area contributed by atoms with E-state index < -0.39 is 12.7 Å². The van der Waals surface area contributed by atoms with Gasteiger partial charge >= 0.3 is 6.18 Å². The van der Waals surface area contributed by atoms with Crippen molar-refractivity contribution < 1.29 is 13.2 Å². The van der Waals surface area contributed by atoms with Gasteiger partial charge < -0.3 is 0 Å². The van der Waals surface area contributed by atoms with Gasteiger partial charge in [0.2, 0.25) is 0 Å². The van der Waals surface area contributed by atoms with Gasteiger partial charge in [-0.05, 0) is 22.6 Å². The van der Waals surface area contributed by atoms with E-state index in [-0.39, 0.29) is 5.15 Å². The predicted octanol–water partition coefficient (Wildman–Crippen LogP) is 2.70. The molecule has 12 heavy (non-hydrogen) atoms. The molecule has 0 bridgehead atoms. The first-order chi connectivity index (χ1) is 5.40. The van der Waals surface area contributed by atoms with Gasteiger partial charge in [-0.1, -0.05) is 11.6 Å². The van der Waals surface area contributed by atoms with E-state index in [2.05, 4.69) is 5.10 Å². The van der Waals surface area contributed by atoms with Gasteiger partial charge in [0.25, 0.3) is 0 Å². The van der Waals surface area contributed by atoms with E-state index in [1.54, 1.807) is 0 Å². The zero-order valence-electron chi connectivity index (χ0n) is 5.57. The predicted molar refractivity (Wildman–Crippen MR) is 46.0 cm³/mol. The van der Waals surface area contributed by atoms with Crippen molar-refractivity contribution in [3.63, 3.8) is 0 Å². The highest BCUT2D eigenvalue weighted by Crippen LogP contribution is 2.22. The largest absolute Gasteiger partial charge is 0.408 e. The minimum Gasteiger partial charge on any atom is -0.244 e. The lowest BCUT2D eigenvalue weighted by atomic mass is 10.6. The Kier molecular flexibility index (Phi) is 2.87. The molecule has 1 heterocycles. The number of nitrogens with zero attached hydrogens (tertiary/aromatic N) is 2. The Balaban J connectivity index is 2.83. The normalized spacial score (nSPS) is 12.1. The summed E-state index contributed by atoms with van der Waals surface area (Å²) in [6, 6.07) is 0. The molecule has 1 aromatic rings. The molecule has 68 valence electrons. The molecule has 0 aromatic carbocycles. The number of halogens is 5. The van der Waals surface area contributed by atoms with Crippen molar-refractivity contribution in [2.45, 2.75) is 12.7 Å². The molecule has 0 spiro atoms. The topological polar surface area (TPSA) is 17.8 Å². The molecule has 0 aliphatic carbocycles. The summed E-state index contributed by atoms with van der Waals surface area (Å²) in [5.74, 6) is 0. The van der Waals surface area contributed by atoms with Crippen molar-refractivity contribution in [1.29, 1.82) is 0 Å². The average Bonchev–Trinajstić information content (AvgIpc) is 2.16. The number of hydrogen-bond acceptors (Lipinski definition) is 1. The molecule has 0 amide bonds. The number of rotatable bonds is 1. The van der Waals surface area contributed by atoms with Crippen molar-refractivity contribution in [3.8, 4) is 0 Å². The molecule has 0 unspecified atom stereocenters. The molecule has 0 fully saturated rings. The first-order valence-electron chi connectivity index (χ1n) is 2.84. The summed E-state index contributed by atoms with van der Waals surface area (Å²) < 4.78 is 36.7. The fourth-order valence-electron chi connectivity index (χ4n) is 0.628. The molecule has 0 saturated carbocycles. The smallest absolute Gasteiger partial charge is 0.244 e. The van der Waals surface area contributed by atoms with Crippen LogP contribution in [0, 0.1) is 3.57 Å². The third kappa shape index (κ3) is 2.51. The van der Waals surface area contributed by atoms with Crippen molar-refractivity contribution in [2.75, 3.05) is 0 Å². The van der Waals surface area contributed by atoms with Crippen molar-refractivity contribution >= 4 is 34.2 Å². The van der Waals surface area contributed by atoms with E-state index >= 15 is 0 Å². The summed E-state index contributed by atoms with van der Waals surface area (Å²) in [5, 5.41) is 3.48. The summed E-state index contributed by atoms with van der Waals surface area (Å²) in [7, 11) is 0. The highest BCUT2D eigenvalue weighted by atomic mass is 127. The lowest BCUT2D eigenvalue weighted by Crippen LogP contribution is -2.18. The Hall–Kier alpha value is 0.0200. The third-order valence-electron chi connectivity index (χ3n) is 1.06. The van der Waals surface area contributed by atoms with Gasteiger partial charge in [-0.15, -0.1) is 0 Å². The number of hydrogen-bond donors (Lipinski definition) is 0. The zero-order valence-corrected chi connectivity index (χ0v) is 8.48. The summed E-state index contributed by atoms with van der Waals surface area (Å²) in [6.45, 7) is -1.14. The second-order valence-corrected chi connectivity index (χ2v) is 3.58. The highest BCUT2D eigenvalue weighted by Gasteiger charge is 2.29. The first kappa shape index (κ1) is 10.1. The first-order valence-corrected chi connectivity index (χ1v) is 4.29. The molecule has 1 rings (SSSR count). The quantitative estimate of drug-likeness (QED) is 0.729. The minimum absolute atomic E-state index is 0.0212. The summed E-state index contributed by atoms with van der Waals surface area (Å²) in [5.41, 5.74) is 0. The second kappa shape index (κ2) is 3.41. The maximum Gasteiger partial charge on any atom is 0.408 e. The monoisotopic (exact) mass is 310 g/mol. The molecule has 0 radical (unpaired) electrons. The molecule has 0 saturated heterocycles. The van der Waals surface area contributed by atoms with Crippen LogP contribution in [-0.4, -0.2) is 16.0 Å². The molecule has 0 aliphatic rings. The second-order valence-electron chi connectivity index (χ2n) is 2.06. The average molecular weight is 310 g/mol. The van der Waals surface area contributed by atoms with Crippen molar-refractivity contribution in [1.82, 2.24) is 9.78 Å². The van der Waals surface area contributed by atoms with Gasteiger partial charge in [-0.25, -0.2) is 4.68 Å². The van der Waals surface area contributed by atoms with Crippen LogP contribution in [0.25, 0.3) is 0 Å². The van der Waals surface area contributed by atoms with Crippen LogP contribution in [0.5, 0.6) is 0 Å². The van der Waals surface area contributed by atoms with Crippen LogP contribution in [0.1, 0.15) is 0 Å². The van der Waals surface area contributed by atoms with Crippen LogP contribution in [0.15, 0.2) is 6.20 Å². The number of aromatic nitrogens is 2. The molecule has 1 aromatic heterocycles. The van der Waals surface area contributed by atoms with E-state index in [0.29, 0.717) is 8.25 Å². The van der Waals surface area contributed by atoms with Crippen LogP contribution in [0.2, 0.25) is 5.15 Å². The Bertz CT molecular complexity index is 283. The summed E-state index contributed by atoms with van der Waals surface area (Å²) >= 11 is 7.32. The van der Waals surface area contributed by atoms with Crippen LogP contribution in [0.3, 0.4) is 0 Å². The van der Waals surface area contributed by atoms with E-state index in [9.17, 15) is 13.2 Å². The van der Waals surface area contributed by atoms with Crippen LogP contribution in [-0.2, 0) is 6.54 Å². The maximum atomic E-state index is 11.8. The van der Waals surface area contributed by atoms with Crippen molar-refractivity contribution in [2.24, 2.45) is 0 Å². The van der Waals surface area contributed by atoms with Crippen molar-refractivity contribution in [3.05, 3.63) is 14.9 Å². The van der Waals surface area contributed by atoms with E-state index in [1.807, 2.05) is 22.6 Å². The minimum atomic E-state index is -4.28. The van der Waals surface area contributed by atoms with Gasteiger partial charge in [0.05, 0.1) is 9.77 Å². The van der Waals surface area contributed by atoms with Gasteiger partial charge in [0.1, 0.15) is 11.7 Å². The van der Waals surface area contributed by atoms with Crippen LogP contribution in [0.4, 0.5) is 13.2 Å². The van der Waals surface area contributed by atoms with E-state index in [1.165, 1.54) is 6.20 Å². The summed E-state index contributed by atoms with van der Waals surface area (Å²) in [6.07, 6.45) is -2.99. The van der Waals surface area contributed by atoms with Gasteiger partial charge in [0.15, 0.2) is 0 Å². The van der Waals surface area contributed by atoms with E-state index in [4.69, 9.17) is 11.6 Å². The third-order valence-corrected chi connectivity index (χ3v) is 2.57. The Morgan fingerprint density at radius 2 is 2.17 bits per heavy atom. The standard InChI is InChI=1S/C5H3ClF3IN2/c6-4-3(10)1-11-12(4)2-5(7,8)9/h1H,2H2. The fraction of sp³-hybridized carbons (Fsp3) is 0.400. The number of alkyl halides is 3. The van der Waals surface area contributed by atoms with E-state index in [0.717, 1.165) is 0 Å². The summed E-state index contributed by atoms with van der Waals surface area (Å²) in [4.78, 5) is 0. The van der Waals surface area contributed by atoms with Crippen LogP contribution >= 0.6 is 34.2 Å². The molecule has 2 nitrogen and oxygen atoms in total. The van der Waals surface area contributed by atoms with Gasteiger partial charge in [-0.3, -0.25) is 0 Å². The molecule has 7 heteroatoms. The zero-order chi connectivity index (χ0) is 9.35. The molecule has 0 aliphatic heterocycles. The van der Waals surface area contributed by atoms with Gasteiger partial charge in [0, 0.05) is 0 Å². The molecular formula is C5H3ClF3IN2. The fourth-order valence-corrected chi connectivity index (χ4v) is 1.18. The highest BCUT2D eigenvalue weighted by molar-refractivity contribution is 14.1. The Labute approximate surface area is 84.8 Å². The SMILES string of the molecule is FC(F)(F)Cn1ncc(I)c1Cl. The molecule has 0 N–H and O–H groups in total. The van der Waals surface area contributed by atoms with Gasteiger partial charge in [-0.2, -0.15) is 18.3 Å². The Morgan fingerprint density at radius 3 is 2.50 bits per heavy atom.